The number of aliphatic hydroxyl groups excluding tert-OH is 1. The topological polar surface area (TPSA) is 95.9 Å². The molecule has 1 heterocycles. The standard InChI is InChI=1S/C14H25NO5/c1-3-13(4-2,12(18)19)9-11(17)15-14(10-16)5-7-20-8-6-14/h16H,3-10H2,1-2H3,(H,15,17)(H,18,19). The van der Waals surface area contributed by atoms with Crippen LogP contribution in [0.4, 0.5) is 0 Å². The second kappa shape index (κ2) is 7.04. The van der Waals surface area contributed by atoms with Crippen LogP contribution in [-0.2, 0) is 14.3 Å². The lowest BCUT2D eigenvalue weighted by Gasteiger charge is -2.37. The van der Waals surface area contributed by atoms with Gasteiger partial charge < -0.3 is 20.3 Å². The van der Waals surface area contributed by atoms with Crippen molar-refractivity contribution in [1.82, 2.24) is 5.32 Å². The first-order valence-electron chi connectivity index (χ1n) is 7.16. The highest BCUT2D eigenvalue weighted by atomic mass is 16.5. The number of hydrogen-bond acceptors (Lipinski definition) is 4. The molecule has 6 nitrogen and oxygen atoms in total. The predicted octanol–water partition coefficient (Wildman–Crippen LogP) is 0.925. The Morgan fingerprint density at radius 3 is 2.20 bits per heavy atom. The number of aliphatic hydroxyl groups is 1. The van der Waals surface area contributed by atoms with E-state index in [2.05, 4.69) is 5.32 Å². The molecule has 0 bridgehead atoms. The van der Waals surface area contributed by atoms with Crippen LogP contribution in [-0.4, -0.2) is 47.4 Å². The third kappa shape index (κ3) is 3.70. The van der Waals surface area contributed by atoms with E-state index in [1.807, 2.05) is 0 Å². The van der Waals surface area contributed by atoms with Gasteiger partial charge in [0, 0.05) is 19.6 Å². The Kier molecular flexibility index (Phi) is 5.95. The monoisotopic (exact) mass is 287 g/mol. The van der Waals surface area contributed by atoms with Crippen LogP contribution in [0.25, 0.3) is 0 Å². The molecular formula is C14H25NO5. The summed E-state index contributed by atoms with van der Waals surface area (Å²) in [6.45, 7) is 4.39. The third-order valence-electron chi connectivity index (χ3n) is 4.46. The fourth-order valence-electron chi connectivity index (χ4n) is 2.61. The molecule has 0 spiro atoms. The quantitative estimate of drug-likeness (QED) is 0.647. The number of carboxylic acids is 1. The number of carbonyl (C=O) groups excluding carboxylic acids is 1. The summed E-state index contributed by atoms with van der Waals surface area (Å²) in [5.74, 6) is -1.25. The maximum absolute atomic E-state index is 12.2. The van der Waals surface area contributed by atoms with Gasteiger partial charge in [0.05, 0.1) is 17.6 Å². The SMILES string of the molecule is CCC(CC)(CC(=O)NC1(CO)CCOCC1)C(=O)O. The zero-order chi connectivity index (χ0) is 15.2. The Bertz CT molecular complexity index is 345. The van der Waals surface area contributed by atoms with E-state index in [9.17, 15) is 19.8 Å². The van der Waals surface area contributed by atoms with E-state index < -0.39 is 16.9 Å². The summed E-state index contributed by atoms with van der Waals surface area (Å²) in [4.78, 5) is 23.6. The molecule has 3 N–H and O–H groups in total. The van der Waals surface area contributed by atoms with Crippen LogP contribution >= 0.6 is 0 Å². The number of carbonyl (C=O) groups is 2. The van der Waals surface area contributed by atoms with Gasteiger partial charge in [0.2, 0.25) is 5.91 Å². The minimum Gasteiger partial charge on any atom is -0.481 e. The summed E-state index contributed by atoms with van der Waals surface area (Å²) in [6, 6.07) is 0. The Morgan fingerprint density at radius 1 is 1.25 bits per heavy atom. The first-order chi connectivity index (χ1) is 9.43. The van der Waals surface area contributed by atoms with Crippen molar-refractivity contribution < 1.29 is 24.5 Å². The van der Waals surface area contributed by atoms with Crippen molar-refractivity contribution in [3.63, 3.8) is 0 Å². The fourth-order valence-corrected chi connectivity index (χ4v) is 2.61. The van der Waals surface area contributed by atoms with Crippen LogP contribution in [0.5, 0.6) is 0 Å². The van der Waals surface area contributed by atoms with E-state index in [1.54, 1.807) is 13.8 Å². The number of ether oxygens (including phenoxy) is 1. The molecule has 0 aliphatic carbocycles. The van der Waals surface area contributed by atoms with Gasteiger partial charge in [0.15, 0.2) is 0 Å². The second-order valence-electron chi connectivity index (χ2n) is 5.57. The Hall–Kier alpha value is -1.14. The van der Waals surface area contributed by atoms with Gasteiger partial charge in [-0.3, -0.25) is 9.59 Å². The molecule has 1 fully saturated rings. The second-order valence-corrected chi connectivity index (χ2v) is 5.57. The van der Waals surface area contributed by atoms with E-state index in [1.165, 1.54) is 0 Å². The van der Waals surface area contributed by atoms with Crippen LogP contribution in [0.1, 0.15) is 46.0 Å². The molecule has 0 saturated carbocycles. The van der Waals surface area contributed by atoms with Crippen molar-refractivity contribution >= 4 is 11.9 Å². The lowest BCUT2D eigenvalue weighted by molar-refractivity contribution is -0.153. The summed E-state index contributed by atoms with van der Waals surface area (Å²) in [5.41, 5.74) is -1.69. The average molecular weight is 287 g/mol. The highest BCUT2D eigenvalue weighted by Crippen LogP contribution is 2.31. The summed E-state index contributed by atoms with van der Waals surface area (Å²) in [6.07, 6.45) is 1.85. The molecule has 1 aliphatic rings. The van der Waals surface area contributed by atoms with Gasteiger partial charge in [0.1, 0.15) is 0 Å². The Labute approximate surface area is 119 Å². The van der Waals surface area contributed by atoms with E-state index >= 15 is 0 Å². The maximum atomic E-state index is 12.2. The average Bonchev–Trinajstić information content (AvgIpc) is 2.45. The predicted molar refractivity (Wildman–Crippen MR) is 73.3 cm³/mol. The van der Waals surface area contributed by atoms with Crippen molar-refractivity contribution in [3.05, 3.63) is 0 Å². The normalized spacial score (nSPS) is 18.6. The molecule has 1 aliphatic heterocycles. The molecule has 1 saturated heterocycles. The molecule has 0 aromatic rings. The molecule has 20 heavy (non-hydrogen) atoms. The van der Waals surface area contributed by atoms with E-state index in [0.29, 0.717) is 38.9 Å². The fraction of sp³-hybridized carbons (Fsp3) is 0.857. The van der Waals surface area contributed by atoms with E-state index in [4.69, 9.17) is 4.74 Å². The molecule has 116 valence electrons. The van der Waals surface area contributed by atoms with Crippen molar-refractivity contribution in [3.8, 4) is 0 Å². The van der Waals surface area contributed by atoms with Gasteiger partial charge in [0.25, 0.3) is 0 Å². The maximum Gasteiger partial charge on any atom is 0.310 e. The van der Waals surface area contributed by atoms with Gasteiger partial charge in [-0.25, -0.2) is 0 Å². The number of aliphatic carboxylic acids is 1. The third-order valence-corrected chi connectivity index (χ3v) is 4.46. The summed E-state index contributed by atoms with van der Waals surface area (Å²) < 4.78 is 5.23. The molecular weight excluding hydrogens is 262 g/mol. The molecule has 1 amide bonds. The van der Waals surface area contributed by atoms with Gasteiger partial charge in [-0.05, 0) is 25.7 Å². The molecule has 0 unspecified atom stereocenters. The largest absolute Gasteiger partial charge is 0.481 e. The summed E-state index contributed by atoms with van der Waals surface area (Å²) in [5, 5.41) is 21.7. The molecule has 0 aromatic heterocycles. The zero-order valence-corrected chi connectivity index (χ0v) is 12.3. The number of amides is 1. The van der Waals surface area contributed by atoms with Gasteiger partial charge in [-0.2, -0.15) is 0 Å². The Morgan fingerprint density at radius 2 is 1.80 bits per heavy atom. The van der Waals surface area contributed by atoms with Crippen molar-refractivity contribution in [2.45, 2.75) is 51.5 Å². The highest BCUT2D eigenvalue weighted by Gasteiger charge is 2.40. The molecule has 0 atom stereocenters. The van der Waals surface area contributed by atoms with Crippen molar-refractivity contribution in [2.24, 2.45) is 5.41 Å². The summed E-state index contributed by atoms with van der Waals surface area (Å²) >= 11 is 0. The minimum atomic E-state index is -1.02. The van der Waals surface area contributed by atoms with Gasteiger partial charge in [-0.1, -0.05) is 13.8 Å². The van der Waals surface area contributed by atoms with E-state index in [-0.39, 0.29) is 18.9 Å². The van der Waals surface area contributed by atoms with Crippen LogP contribution in [0.15, 0.2) is 0 Å². The lowest BCUT2D eigenvalue weighted by atomic mass is 9.78. The minimum absolute atomic E-state index is 0.0576. The smallest absolute Gasteiger partial charge is 0.310 e. The van der Waals surface area contributed by atoms with Crippen molar-refractivity contribution in [1.29, 1.82) is 0 Å². The van der Waals surface area contributed by atoms with Gasteiger partial charge >= 0.3 is 5.97 Å². The Balaban J connectivity index is 2.72. The number of carboxylic acid groups (broad SMARTS) is 1. The van der Waals surface area contributed by atoms with Crippen LogP contribution in [0.3, 0.4) is 0 Å². The molecule has 0 aromatic carbocycles. The first-order valence-corrected chi connectivity index (χ1v) is 7.16. The first kappa shape index (κ1) is 16.9. The number of nitrogens with one attached hydrogen (secondary N) is 1. The molecule has 0 radical (unpaired) electrons. The van der Waals surface area contributed by atoms with Crippen LogP contribution < -0.4 is 5.32 Å². The number of hydrogen-bond donors (Lipinski definition) is 3. The van der Waals surface area contributed by atoms with Crippen molar-refractivity contribution in [2.75, 3.05) is 19.8 Å². The highest BCUT2D eigenvalue weighted by molar-refractivity contribution is 5.85. The van der Waals surface area contributed by atoms with Crippen LogP contribution in [0, 0.1) is 5.41 Å². The zero-order valence-electron chi connectivity index (χ0n) is 12.3. The van der Waals surface area contributed by atoms with Gasteiger partial charge in [-0.15, -0.1) is 0 Å². The molecule has 1 rings (SSSR count). The lowest BCUT2D eigenvalue weighted by Crippen LogP contribution is -2.55. The number of rotatable bonds is 7. The van der Waals surface area contributed by atoms with E-state index in [0.717, 1.165) is 0 Å². The summed E-state index contributed by atoms with van der Waals surface area (Å²) in [7, 11) is 0. The molecule has 6 heteroatoms. The van der Waals surface area contributed by atoms with Crippen LogP contribution in [0.2, 0.25) is 0 Å².